The van der Waals surface area contributed by atoms with E-state index in [9.17, 15) is 4.39 Å². The predicted molar refractivity (Wildman–Crippen MR) is 82.5 cm³/mol. The summed E-state index contributed by atoms with van der Waals surface area (Å²) >= 11 is 3.50. The lowest BCUT2D eigenvalue weighted by molar-refractivity contribution is -0.0381. The lowest BCUT2D eigenvalue weighted by atomic mass is 10.00. The van der Waals surface area contributed by atoms with Crippen molar-refractivity contribution >= 4 is 15.9 Å². The topological polar surface area (TPSA) is 24.5 Å². The Balaban J connectivity index is 2.10. The summed E-state index contributed by atoms with van der Waals surface area (Å²) in [4.78, 5) is 2.28. The molecule has 3 nitrogen and oxygen atoms in total. The van der Waals surface area contributed by atoms with Crippen molar-refractivity contribution in [3.8, 4) is 0 Å². The number of halogens is 2. The maximum Gasteiger partial charge on any atom is 0.123 e. The summed E-state index contributed by atoms with van der Waals surface area (Å²) in [7, 11) is 2.11. The Morgan fingerprint density at radius 1 is 1.55 bits per heavy atom. The number of hydrogen-bond donors (Lipinski definition) is 1. The van der Waals surface area contributed by atoms with Crippen molar-refractivity contribution in [1.82, 2.24) is 10.2 Å². The van der Waals surface area contributed by atoms with Gasteiger partial charge in [0.1, 0.15) is 5.82 Å². The highest BCUT2D eigenvalue weighted by Gasteiger charge is 2.26. The van der Waals surface area contributed by atoms with Crippen molar-refractivity contribution in [2.24, 2.45) is 0 Å². The molecule has 1 aromatic rings. The van der Waals surface area contributed by atoms with Crippen molar-refractivity contribution in [1.29, 1.82) is 0 Å². The molecule has 0 saturated carbocycles. The molecular weight excluding hydrogens is 323 g/mol. The molecule has 0 amide bonds. The molecule has 1 aliphatic rings. The fourth-order valence-corrected chi connectivity index (χ4v) is 3.00. The minimum absolute atomic E-state index is 0.142. The van der Waals surface area contributed by atoms with Crippen LogP contribution in [0, 0.1) is 5.82 Å². The molecule has 2 rings (SSSR count). The van der Waals surface area contributed by atoms with E-state index in [0.29, 0.717) is 0 Å². The molecule has 1 aliphatic heterocycles. The molecule has 0 bridgehead atoms. The monoisotopic (exact) mass is 344 g/mol. The second-order valence-electron chi connectivity index (χ2n) is 5.28. The van der Waals surface area contributed by atoms with Crippen LogP contribution in [-0.2, 0) is 11.2 Å². The van der Waals surface area contributed by atoms with Gasteiger partial charge in [-0.3, -0.25) is 0 Å². The van der Waals surface area contributed by atoms with Crippen LogP contribution >= 0.6 is 15.9 Å². The van der Waals surface area contributed by atoms with E-state index in [4.69, 9.17) is 4.74 Å². The van der Waals surface area contributed by atoms with Gasteiger partial charge in [-0.15, -0.1) is 0 Å². The number of likely N-dealkylation sites (N-methyl/N-ethyl adjacent to an activating group) is 2. The average Bonchev–Trinajstić information content (AvgIpc) is 2.42. The third-order valence-electron chi connectivity index (χ3n) is 3.66. The van der Waals surface area contributed by atoms with Gasteiger partial charge in [0.05, 0.1) is 12.7 Å². The van der Waals surface area contributed by atoms with Crippen molar-refractivity contribution in [2.75, 3.05) is 33.3 Å². The second kappa shape index (κ2) is 7.50. The summed E-state index contributed by atoms with van der Waals surface area (Å²) in [6.07, 6.45) is 0.897. The molecule has 2 unspecified atom stereocenters. The van der Waals surface area contributed by atoms with Gasteiger partial charge < -0.3 is 15.0 Å². The first-order valence-electron chi connectivity index (χ1n) is 7.07. The number of hydrogen-bond acceptors (Lipinski definition) is 3. The van der Waals surface area contributed by atoms with E-state index in [1.807, 2.05) is 0 Å². The molecule has 0 aromatic heterocycles. The fourth-order valence-electron chi connectivity index (χ4n) is 2.59. The van der Waals surface area contributed by atoms with Gasteiger partial charge in [0.25, 0.3) is 0 Å². The summed E-state index contributed by atoms with van der Waals surface area (Å²) in [6.45, 7) is 5.60. The number of morpholine rings is 1. The van der Waals surface area contributed by atoms with Crippen molar-refractivity contribution < 1.29 is 9.13 Å². The second-order valence-corrected chi connectivity index (χ2v) is 6.13. The molecule has 1 fully saturated rings. The number of rotatable bonds is 5. The summed E-state index contributed by atoms with van der Waals surface area (Å²) < 4.78 is 20.2. The van der Waals surface area contributed by atoms with Crippen LogP contribution in [0.2, 0.25) is 0 Å². The molecule has 1 aromatic carbocycles. The van der Waals surface area contributed by atoms with E-state index < -0.39 is 0 Å². The molecule has 5 heteroatoms. The molecule has 0 aliphatic carbocycles. The van der Waals surface area contributed by atoms with E-state index in [1.54, 1.807) is 12.1 Å². The molecule has 20 heavy (non-hydrogen) atoms. The van der Waals surface area contributed by atoms with Gasteiger partial charge in [-0.1, -0.05) is 22.9 Å². The Hall–Kier alpha value is -0.490. The lowest BCUT2D eigenvalue weighted by Gasteiger charge is -2.35. The molecule has 1 saturated heterocycles. The smallest absolute Gasteiger partial charge is 0.123 e. The largest absolute Gasteiger partial charge is 0.374 e. The first-order chi connectivity index (χ1) is 9.60. The van der Waals surface area contributed by atoms with Crippen LogP contribution in [0.1, 0.15) is 12.5 Å². The Labute approximate surface area is 128 Å². The highest BCUT2D eigenvalue weighted by molar-refractivity contribution is 9.10. The molecule has 0 spiro atoms. The molecule has 1 heterocycles. The number of nitrogens with one attached hydrogen (secondary N) is 1. The third-order valence-corrected chi connectivity index (χ3v) is 4.43. The first kappa shape index (κ1) is 15.9. The maximum absolute atomic E-state index is 13.4. The average molecular weight is 345 g/mol. The van der Waals surface area contributed by atoms with E-state index in [0.717, 1.165) is 42.7 Å². The van der Waals surface area contributed by atoms with Crippen LogP contribution in [0.15, 0.2) is 22.7 Å². The van der Waals surface area contributed by atoms with Crippen molar-refractivity contribution in [3.05, 3.63) is 34.1 Å². The van der Waals surface area contributed by atoms with E-state index in [1.165, 1.54) is 6.07 Å². The summed E-state index contributed by atoms with van der Waals surface area (Å²) in [6, 6.07) is 5.03. The van der Waals surface area contributed by atoms with Gasteiger partial charge in [-0.25, -0.2) is 4.39 Å². The van der Waals surface area contributed by atoms with Crippen LogP contribution in [0.25, 0.3) is 0 Å². The van der Waals surface area contributed by atoms with Gasteiger partial charge >= 0.3 is 0 Å². The number of ether oxygens (including phenoxy) is 1. The van der Waals surface area contributed by atoms with Crippen molar-refractivity contribution in [3.63, 3.8) is 0 Å². The van der Waals surface area contributed by atoms with Crippen LogP contribution in [0.4, 0.5) is 4.39 Å². The maximum atomic E-state index is 13.4. The fraction of sp³-hybridized carbons (Fsp3) is 0.600. The van der Waals surface area contributed by atoms with Crippen LogP contribution < -0.4 is 5.32 Å². The summed E-state index contributed by atoms with van der Waals surface area (Å²) in [5.74, 6) is -0.194. The van der Waals surface area contributed by atoms with Crippen LogP contribution in [-0.4, -0.2) is 50.3 Å². The van der Waals surface area contributed by atoms with E-state index in [-0.39, 0.29) is 18.0 Å². The normalized spacial score (nSPS) is 21.9. The Bertz CT molecular complexity index is 444. The number of benzene rings is 1. The lowest BCUT2D eigenvalue weighted by Crippen LogP contribution is -2.52. The van der Waals surface area contributed by atoms with Gasteiger partial charge in [0.2, 0.25) is 0 Å². The summed E-state index contributed by atoms with van der Waals surface area (Å²) in [5.41, 5.74) is 0.979. The van der Waals surface area contributed by atoms with Gasteiger partial charge in [-0.2, -0.15) is 0 Å². The van der Waals surface area contributed by atoms with Gasteiger partial charge in [-0.05, 0) is 43.8 Å². The summed E-state index contributed by atoms with van der Waals surface area (Å²) in [5, 5.41) is 3.47. The minimum atomic E-state index is -0.194. The zero-order valence-corrected chi connectivity index (χ0v) is 13.6. The molecule has 0 radical (unpaired) electrons. The Kier molecular flexibility index (Phi) is 5.96. The predicted octanol–water partition coefficient (Wildman–Crippen LogP) is 2.44. The highest BCUT2D eigenvalue weighted by Crippen LogP contribution is 2.21. The molecule has 1 N–H and O–H groups in total. The SMILES string of the molecule is CCNC(Cc1cc(F)ccc1Br)C1CN(C)CCO1. The molecular formula is C15H22BrFN2O. The quantitative estimate of drug-likeness (QED) is 0.887. The third kappa shape index (κ3) is 4.25. The number of nitrogens with zero attached hydrogens (tertiary/aromatic N) is 1. The van der Waals surface area contributed by atoms with Gasteiger partial charge in [0, 0.05) is 23.6 Å². The minimum Gasteiger partial charge on any atom is -0.374 e. The van der Waals surface area contributed by atoms with Crippen LogP contribution in [0.3, 0.4) is 0 Å². The Morgan fingerprint density at radius 3 is 3.05 bits per heavy atom. The van der Waals surface area contributed by atoms with E-state index in [2.05, 4.69) is 40.1 Å². The van der Waals surface area contributed by atoms with Crippen molar-refractivity contribution in [2.45, 2.75) is 25.5 Å². The van der Waals surface area contributed by atoms with Gasteiger partial charge in [0.15, 0.2) is 0 Å². The zero-order chi connectivity index (χ0) is 14.5. The molecule has 2 atom stereocenters. The molecule has 112 valence electrons. The highest BCUT2D eigenvalue weighted by atomic mass is 79.9. The first-order valence-corrected chi connectivity index (χ1v) is 7.87. The van der Waals surface area contributed by atoms with Crippen LogP contribution in [0.5, 0.6) is 0 Å². The van der Waals surface area contributed by atoms with E-state index >= 15 is 0 Å². The standard InChI is InChI=1S/C15H22BrFN2O/c1-3-18-14(15-10-19(2)6-7-20-15)9-11-8-12(17)4-5-13(11)16/h4-5,8,14-15,18H,3,6-7,9-10H2,1-2H3. The zero-order valence-electron chi connectivity index (χ0n) is 12.0. The Morgan fingerprint density at radius 2 is 2.35 bits per heavy atom.